The predicted octanol–water partition coefficient (Wildman–Crippen LogP) is 3.50. The fraction of sp³-hybridized carbons (Fsp3) is 0.200. The highest BCUT2D eigenvalue weighted by Gasteiger charge is 2.20. The van der Waals surface area contributed by atoms with Crippen LogP contribution >= 0.6 is 0 Å². The molecule has 120 valence electrons. The van der Waals surface area contributed by atoms with Gasteiger partial charge < -0.3 is 9.47 Å². The number of rotatable bonds is 2. The molecule has 2 aromatic heterocycles. The minimum atomic E-state index is 0.0521. The van der Waals surface area contributed by atoms with Crippen LogP contribution in [0.25, 0.3) is 16.5 Å². The molecule has 0 radical (unpaired) electrons. The number of fused-ring (bicyclic) bond motifs is 1. The number of aromatic nitrogens is 2. The Hall–Kier alpha value is -2.88. The monoisotopic (exact) mass is 317 g/mol. The van der Waals surface area contributed by atoms with Crippen molar-refractivity contribution in [1.29, 1.82) is 0 Å². The van der Waals surface area contributed by atoms with Gasteiger partial charge in [0.25, 0.3) is 5.91 Å². The van der Waals surface area contributed by atoms with Crippen LogP contribution in [-0.4, -0.2) is 33.4 Å². The van der Waals surface area contributed by atoms with Gasteiger partial charge in [0, 0.05) is 55.2 Å². The molecule has 0 atom stereocenters. The molecule has 4 heteroatoms. The summed E-state index contributed by atoms with van der Waals surface area (Å²) in [5.41, 5.74) is 4.49. The zero-order valence-corrected chi connectivity index (χ0v) is 13.6. The minimum absolute atomic E-state index is 0.0521. The number of pyridine rings is 1. The van der Waals surface area contributed by atoms with E-state index in [0.717, 1.165) is 13.0 Å². The van der Waals surface area contributed by atoms with Gasteiger partial charge in [-0.1, -0.05) is 24.3 Å². The molecule has 3 heterocycles. The summed E-state index contributed by atoms with van der Waals surface area (Å²) in [7, 11) is 2.08. The number of carbonyl (C=O) groups is 1. The number of nitrogens with zero attached hydrogens (tertiary/aromatic N) is 3. The van der Waals surface area contributed by atoms with Gasteiger partial charge >= 0.3 is 0 Å². The van der Waals surface area contributed by atoms with Crippen molar-refractivity contribution in [3.63, 3.8) is 0 Å². The van der Waals surface area contributed by atoms with E-state index in [0.29, 0.717) is 12.1 Å². The molecular weight excluding hydrogens is 298 g/mol. The number of hydrogen-bond donors (Lipinski definition) is 0. The van der Waals surface area contributed by atoms with Gasteiger partial charge in [0.15, 0.2) is 0 Å². The van der Waals surface area contributed by atoms with Crippen molar-refractivity contribution in [2.75, 3.05) is 13.1 Å². The van der Waals surface area contributed by atoms with Gasteiger partial charge in [-0.2, -0.15) is 0 Å². The number of aryl methyl sites for hydroxylation is 1. The van der Waals surface area contributed by atoms with Gasteiger partial charge in [-0.25, -0.2) is 0 Å². The maximum Gasteiger partial charge on any atom is 0.255 e. The van der Waals surface area contributed by atoms with E-state index in [1.807, 2.05) is 11.0 Å². The first-order valence-corrected chi connectivity index (χ1v) is 8.17. The number of amides is 1. The lowest BCUT2D eigenvalue weighted by Crippen LogP contribution is -2.34. The first-order chi connectivity index (χ1) is 11.7. The number of para-hydroxylation sites is 1. The molecule has 3 aromatic rings. The van der Waals surface area contributed by atoms with Crippen molar-refractivity contribution < 1.29 is 4.79 Å². The normalized spacial score (nSPS) is 14.7. The van der Waals surface area contributed by atoms with Crippen LogP contribution in [0.3, 0.4) is 0 Å². The SMILES string of the molecule is Cn1cc(C2=CCN(C(=O)c3cccnc3)CC2)c2ccccc21. The molecule has 0 spiro atoms. The Bertz CT molecular complexity index is 924. The summed E-state index contributed by atoms with van der Waals surface area (Å²) in [6.45, 7) is 1.38. The second-order valence-electron chi connectivity index (χ2n) is 6.14. The predicted molar refractivity (Wildman–Crippen MR) is 95.7 cm³/mol. The summed E-state index contributed by atoms with van der Waals surface area (Å²) >= 11 is 0. The third-order valence-corrected chi connectivity index (χ3v) is 4.65. The first-order valence-electron chi connectivity index (χ1n) is 8.17. The maximum atomic E-state index is 12.5. The van der Waals surface area contributed by atoms with E-state index in [4.69, 9.17) is 0 Å². The molecule has 1 aromatic carbocycles. The van der Waals surface area contributed by atoms with Crippen molar-refractivity contribution in [1.82, 2.24) is 14.5 Å². The molecular formula is C20H19N3O. The molecule has 4 nitrogen and oxygen atoms in total. The fourth-order valence-corrected chi connectivity index (χ4v) is 3.37. The van der Waals surface area contributed by atoms with Gasteiger partial charge in [0.1, 0.15) is 0 Å². The van der Waals surface area contributed by atoms with Crippen molar-refractivity contribution in [2.45, 2.75) is 6.42 Å². The minimum Gasteiger partial charge on any atom is -0.350 e. The second-order valence-corrected chi connectivity index (χ2v) is 6.14. The van der Waals surface area contributed by atoms with Gasteiger partial charge in [0.05, 0.1) is 5.56 Å². The van der Waals surface area contributed by atoms with Crippen molar-refractivity contribution in [2.24, 2.45) is 7.05 Å². The van der Waals surface area contributed by atoms with E-state index in [9.17, 15) is 4.79 Å². The zero-order chi connectivity index (χ0) is 16.5. The van der Waals surface area contributed by atoms with Crippen molar-refractivity contribution >= 4 is 22.4 Å². The Morgan fingerprint density at radius 2 is 2.04 bits per heavy atom. The Kier molecular flexibility index (Phi) is 3.65. The zero-order valence-electron chi connectivity index (χ0n) is 13.6. The van der Waals surface area contributed by atoms with Crippen LogP contribution in [0.1, 0.15) is 22.3 Å². The van der Waals surface area contributed by atoms with Crippen LogP contribution in [0.5, 0.6) is 0 Å². The van der Waals surface area contributed by atoms with Gasteiger partial charge in [-0.05, 0) is 30.2 Å². The summed E-state index contributed by atoms with van der Waals surface area (Å²) in [6.07, 6.45) is 8.56. The average Bonchev–Trinajstić information content (AvgIpc) is 2.99. The summed E-state index contributed by atoms with van der Waals surface area (Å²) in [4.78, 5) is 18.4. The van der Waals surface area contributed by atoms with E-state index in [-0.39, 0.29) is 5.91 Å². The largest absolute Gasteiger partial charge is 0.350 e. The van der Waals surface area contributed by atoms with Gasteiger partial charge in [-0.15, -0.1) is 0 Å². The van der Waals surface area contributed by atoms with E-state index in [1.165, 1.54) is 22.0 Å². The van der Waals surface area contributed by atoms with Crippen LogP contribution in [0.4, 0.5) is 0 Å². The highest BCUT2D eigenvalue weighted by atomic mass is 16.2. The third-order valence-electron chi connectivity index (χ3n) is 4.65. The Morgan fingerprint density at radius 3 is 2.79 bits per heavy atom. The van der Waals surface area contributed by atoms with E-state index in [2.05, 4.69) is 53.1 Å². The molecule has 0 saturated heterocycles. The molecule has 0 saturated carbocycles. The van der Waals surface area contributed by atoms with Crippen molar-refractivity contribution in [3.8, 4) is 0 Å². The van der Waals surface area contributed by atoms with Crippen LogP contribution in [-0.2, 0) is 7.05 Å². The van der Waals surface area contributed by atoms with Crippen LogP contribution in [0.2, 0.25) is 0 Å². The summed E-state index contributed by atoms with van der Waals surface area (Å²) in [6, 6.07) is 12.1. The first kappa shape index (κ1) is 14.7. The van der Waals surface area contributed by atoms with Gasteiger partial charge in [-0.3, -0.25) is 9.78 Å². The number of benzene rings is 1. The van der Waals surface area contributed by atoms with Crippen LogP contribution in [0, 0.1) is 0 Å². The van der Waals surface area contributed by atoms with E-state index < -0.39 is 0 Å². The number of carbonyl (C=O) groups excluding carboxylic acids is 1. The lowest BCUT2D eigenvalue weighted by Gasteiger charge is -2.26. The standard InChI is InChI=1S/C20H19N3O/c1-22-14-18(17-6-2-3-7-19(17)22)15-8-11-23(12-9-15)20(24)16-5-4-10-21-13-16/h2-8,10,13-14H,9,11-12H2,1H3. The molecule has 1 amide bonds. The Balaban J connectivity index is 1.59. The number of hydrogen-bond acceptors (Lipinski definition) is 2. The summed E-state index contributed by atoms with van der Waals surface area (Å²) in [5, 5.41) is 1.28. The molecule has 4 rings (SSSR count). The molecule has 0 aliphatic carbocycles. The van der Waals surface area contributed by atoms with E-state index >= 15 is 0 Å². The molecule has 0 fully saturated rings. The molecule has 1 aliphatic heterocycles. The van der Waals surface area contributed by atoms with Crippen LogP contribution < -0.4 is 0 Å². The lowest BCUT2D eigenvalue weighted by atomic mass is 9.98. The molecule has 24 heavy (non-hydrogen) atoms. The molecule has 0 unspecified atom stereocenters. The third kappa shape index (κ3) is 2.50. The lowest BCUT2D eigenvalue weighted by molar-refractivity contribution is 0.0772. The Morgan fingerprint density at radius 1 is 1.17 bits per heavy atom. The smallest absolute Gasteiger partial charge is 0.255 e. The van der Waals surface area contributed by atoms with Crippen molar-refractivity contribution in [3.05, 3.63) is 72.2 Å². The second kappa shape index (κ2) is 5.96. The van der Waals surface area contributed by atoms with E-state index in [1.54, 1.807) is 18.5 Å². The summed E-state index contributed by atoms with van der Waals surface area (Å²) < 4.78 is 2.17. The maximum absolute atomic E-state index is 12.5. The molecule has 0 bridgehead atoms. The Labute approximate surface area is 141 Å². The highest BCUT2D eigenvalue weighted by Crippen LogP contribution is 2.30. The van der Waals surface area contributed by atoms with Crippen LogP contribution in [0.15, 0.2) is 61.1 Å². The quantitative estimate of drug-likeness (QED) is 0.725. The average molecular weight is 317 g/mol. The summed E-state index contributed by atoms with van der Waals surface area (Å²) in [5.74, 6) is 0.0521. The molecule has 0 N–H and O–H groups in total. The topological polar surface area (TPSA) is 38.1 Å². The fourth-order valence-electron chi connectivity index (χ4n) is 3.37. The van der Waals surface area contributed by atoms with Gasteiger partial charge in [0.2, 0.25) is 0 Å². The molecule has 1 aliphatic rings. The highest BCUT2D eigenvalue weighted by molar-refractivity contribution is 5.96.